The zero-order valence-corrected chi connectivity index (χ0v) is 11.4. The number of Topliss-reactive ketones (excluding diaryl/α,β-unsaturated/α-hetero) is 2. The first-order valence-electron chi connectivity index (χ1n) is 6.10. The van der Waals surface area contributed by atoms with Crippen LogP contribution in [0, 0.1) is 5.92 Å². The minimum absolute atomic E-state index is 0.0182. The molecular formula is C15H18O4. The Bertz CT molecular complexity index is 450. The SMILES string of the molecule is COC(=O)C[C@@H](c1ccccc1)C(C(C)=O)C(C)=O. The molecule has 1 aromatic rings. The quantitative estimate of drug-likeness (QED) is 0.582. The van der Waals surface area contributed by atoms with E-state index in [1.165, 1.54) is 21.0 Å². The van der Waals surface area contributed by atoms with Crippen molar-refractivity contribution in [1.29, 1.82) is 0 Å². The lowest BCUT2D eigenvalue weighted by Crippen LogP contribution is -2.29. The molecule has 0 spiro atoms. The van der Waals surface area contributed by atoms with Crippen molar-refractivity contribution < 1.29 is 19.1 Å². The highest BCUT2D eigenvalue weighted by atomic mass is 16.5. The number of benzene rings is 1. The minimum atomic E-state index is -0.804. The molecule has 0 amide bonds. The van der Waals surface area contributed by atoms with Crippen LogP contribution in [0.4, 0.5) is 0 Å². The zero-order chi connectivity index (χ0) is 14.4. The highest BCUT2D eigenvalue weighted by Crippen LogP contribution is 2.30. The average Bonchev–Trinajstić information content (AvgIpc) is 2.37. The summed E-state index contributed by atoms with van der Waals surface area (Å²) in [7, 11) is 1.29. The van der Waals surface area contributed by atoms with E-state index in [2.05, 4.69) is 4.74 Å². The standard InChI is InChI=1S/C15H18O4/c1-10(16)15(11(2)17)13(9-14(18)19-3)12-7-5-4-6-8-12/h4-8,13,15H,9H2,1-3H3/t13-/m0/s1. The summed E-state index contributed by atoms with van der Waals surface area (Å²) >= 11 is 0. The summed E-state index contributed by atoms with van der Waals surface area (Å²) in [6.07, 6.45) is 0.0182. The van der Waals surface area contributed by atoms with Crippen LogP contribution < -0.4 is 0 Å². The fourth-order valence-electron chi connectivity index (χ4n) is 2.24. The molecule has 1 atom stereocenters. The van der Waals surface area contributed by atoms with Crippen molar-refractivity contribution in [3.63, 3.8) is 0 Å². The number of esters is 1. The van der Waals surface area contributed by atoms with E-state index >= 15 is 0 Å². The van der Waals surface area contributed by atoms with Gasteiger partial charge in [-0.05, 0) is 19.4 Å². The summed E-state index contributed by atoms with van der Waals surface area (Å²) in [6, 6.07) is 9.10. The second-order valence-electron chi connectivity index (χ2n) is 4.50. The Kier molecular flexibility index (Phi) is 5.42. The molecule has 0 aliphatic rings. The van der Waals surface area contributed by atoms with Gasteiger partial charge in [0.25, 0.3) is 0 Å². The van der Waals surface area contributed by atoms with Crippen LogP contribution in [0.15, 0.2) is 30.3 Å². The maximum absolute atomic E-state index is 11.7. The molecule has 0 aliphatic heterocycles. The van der Waals surface area contributed by atoms with E-state index in [1.54, 1.807) is 0 Å². The first kappa shape index (κ1) is 15.1. The predicted octanol–water partition coefficient (Wildman–Crippen LogP) is 2.13. The number of ether oxygens (including phenoxy) is 1. The second kappa shape index (κ2) is 6.83. The first-order chi connectivity index (χ1) is 8.97. The lowest BCUT2D eigenvalue weighted by atomic mass is 9.79. The molecular weight excluding hydrogens is 244 g/mol. The maximum atomic E-state index is 11.7. The zero-order valence-electron chi connectivity index (χ0n) is 11.4. The molecule has 0 N–H and O–H groups in total. The molecule has 19 heavy (non-hydrogen) atoms. The van der Waals surface area contributed by atoms with Gasteiger partial charge in [0, 0.05) is 5.92 Å². The Morgan fingerprint density at radius 2 is 1.58 bits per heavy atom. The van der Waals surface area contributed by atoms with Crippen molar-refractivity contribution in [1.82, 2.24) is 0 Å². The Morgan fingerprint density at radius 1 is 1.05 bits per heavy atom. The van der Waals surface area contributed by atoms with E-state index in [-0.39, 0.29) is 18.0 Å². The van der Waals surface area contributed by atoms with Gasteiger partial charge >= 0.3 is 5.97 Å². The summed E-state index contributed by atoms with van der Waals surface area (Å²) in [4.78, 5) is 34.9. The molecule has 0 fully saturated rings. The Balaban J connectivity index is 3.14. The smallest absolute Gasteiger partial charge is 0.306 e. The topological polar surface area (TPSA) is 60.4 Å². The molecule has 4 heteroatoms. The van der Waals surface area contributed by atoms with E-state index in [1.807, 2.05) is 30.3 Å². The van der Waals surface area contributed by atoms with Crippen molar-refractivity contribution in [2.75, 3.05) is 7.11 Å². The lowest BCUT2D eigenvalue weighted by molar-refractivity contribution is -0.141. The number of carbonyl (C=O) groups is 3. The third kappa shape index (κ3) is 4.02. The normalized spacial score (nSPS) is 12.0. The van der Waals surface area contributed by atoms with E-state index in [0.29, 0.717) is 0 Å². The molecule has 1 rings (SSSR count). The van der Waals surface area contributed by atoms with Crippen molar-refractivity contribution in [2.45, 2.75) is 26.2 Å². The molecule has 102 valence electrons. The molecule has 1 aromatic carbocycles. The molecule has 0 radical (unpaired) electrons. The van der Waals surface area contributed by atoms with Gasteiger partial charge < -0.3 is 4.74 Å². The van der Waals surface area contributed by atoms with Gasteiger partial charge in [0.15, 0.2) is 0 Å². The van der Waals surface area contributed by atoms with Crippen LogP contribution in [0.3, 0.4) is 0 Å². The van der Waals surface area contributed by atoms with E-state index in [4.69, 9.17) is 0 Å². The summed E-state index contributed by atoms with van der Waals surface area (Å²) in [5.41, 5.74) is 0.795. The predicted molar refractivity (Wildman–Crippen MR) is 70.7 cm³/mol. The molecule has 0 unspecified atom stereocenters. The van der Waals surface area contributed by atoms with Crippen molar-refractivity contribution in [3.8, 4) is 0 Å². The van der Waals surface area contributed by atoms with E-state index in [9.17, 15) is 14.4 Å². The fourth-order valence-corrected chi connectivity index (χ4v) is 2.24. The summed E-state index contributed by atoms with van der Waals surface area (Å²) in [5, 5.41) is 0. The molecule has 0 saturated heterocycles. The number of ketones is 2. The third-order valence-electron chi connectivity index (χ3n) is 3.12. The van der Waals surface area contributed by atoms with Crippen LogP contribution in [0.25, 0.3) is 0 Å². The van der Waals surface area contributed by atoms with Gasteiger partial charge in [-0.3, -0.25) is 14.4 Å². The number of rotatable bonds is 6. The first-order valence-corrected chi connectivity index (χ1v) is 6.10. The highest BCUT2D eigenvalue weighted by molar-refractivity contribution is 6.01. The monoisotopic (exact) mass is 262 g/mol. The largest absolute Gasteiger partial charge is 0.469 e. The summed E-state index contributed by atoms with van der Waals surface area (Å²) in [6.45, 7) is 2.75. The number of carbonyl (C=O) groups excluding carboxylic acids is 3. The fraction of sp³-hybridized carbons (Fsp3) is 0.400. The van der Waals surface area contributed by atoms with Gasteiger partial charge in [0.2, 0.25) is 0 Å². The van der Waals surface area contributed by atoms with Crippen LogP contribution in [0.5, 0.6) is 0 Å². The van der Waals surface area contributed by atoms with Gasteiger partial charge in [-0.2, -0.15) is 0 Å². The molecule has 4 nitrogen and oxygen atoms in total. The van der Waals surface area contributed by atoms with Crippen molar-refractivity contribution in [2.24, 2.45) is 5.92 Å². The second-order valence-corrected chi connectivity index (χ2v) is 4.50. The molecule has 0 aliphatic carbocycles. The molecule has 0 aromatic heterocycles. The lowest BCUT2D eigenvalue weighted by Gasteiger charge is -2.22. The maximum Gasteiger partial charge on any atom is 0.306 e. The van der Waals surface area contributed by atoms with Gasteiger partial charge in [-0.1, -0.05) is 30.3 Å². The van der Waals surface area contributed by atoms with Gasteiger partial charge in [-0.25, -0.2) is 0 Å². The number of methoxy groups -OCH3 is 1. The van der Waals surface area contributed by atoms with Crippen molar-refractivity contribution in [3.05, 3.63) is 35.9 Å². The van der Waals surface area contributed by atoms with Gasteiger partial charge in [0.1, 0.15) is 11.6 Å². The minimum Gasteiger partial charge on any atom is -0.469 e. The summed E-state index contributed by atoms with van der Waals surface area (Å²) < 4.78 is 4.65. The Morgan fingerprint density at radius 3 is 2.00 bits per heavy atom. The van der Waals surface area contributed by atoms with Crippen molar-refractivity contribution >= 4 is 17.5 Å². The van der Waals surface area contributed by atoms with Gasteiger partial charge in [0.05, 0.1) is 19.4 Å². The highest BCUT2D eigenvalue weighted by Gasteiger charge is 2.32. The van der Waals surface area contributed by atoms with Crippen LogP contribution in [-0.2, 0) is 19.1 Å². The Hall–Kier alpha value is -1.97. The van der Waals surface area contributed by atoms with Crippen LogP contribution >= 0.6 is 0 Å². The Labute approximate surface area is 112 Å². The number of hydrogen-bond acceptors (Lipinski definition) is 4. The summed E-state index contributed by atoms with van der Waals surface area (Å²) in [5.74, 6) is -2.16. The molecule has 0 heterocycles. The van der Waals surface area contributed by atoms with Crippen LogP contribution in [0.1, 0.15) is 31.7 Å². The average molecular weight is 262 g/mol. The molecule has 0 bridgehead atoms. The van der Waals surface area contributed by atoms with Gasteiger partial charge in [-0.15, -0.1) is 0 Å². The van der Waals surface area contributed by atoms with E-state index < -0.39 is 17.8 Å². The number of hydrogen-bond donors (Lipinski definition) is 0. The van der Waals surface area contributed by atoms with Crippen LogP contribution in [0.2, 0.25) is 0 Å². The van der Waals surface area contributed by atoms with E-state index in [0.717, 1.165) is 5.56 Å². The molecule has 0 saturated carbocycles. The van der Waals surface area contributed by atoms with Crippen LogP contribution in [-0.4, -0.2) is 24.6 Å². The third-order valence-corrected chi connectivity index (χ3v) is 3.12.